The lowest BCUT2D eigenvalue weighted by atomic mass is 9.76. The molecule has 0 aliphatic carbocycles. The van der Waals surface area contributed by atoms with Gasteiger partial charge in [0.05, 0.1) is 6.54 Å². The van der Waals surface area contributed by atoms with Crippen LogP contribution in [0, 0.1) is 11.8 Å². The van der Waals surface area contributed by atoms with Gasteiger partial charge in [0, 0.05) is 12.6 Å². The zero-order valence-electron chi connectivity index (χ0n) is 14.7. The lowest BCUT2D eigenvalue weighted by molar-refractivity contribution is -0.134. The number of amides is 1. The summed E-state index contributed by atoms with van der Waals surface area (Å²) in [5, 5.41) is 0. The number of unbranched alkanes of at least 4 members (excludes halogenated alkanes) is 1. The van der Waals surface area contributed by atoms with E-state index in [1.54, 1.807) is 0 Å². The zero-order chi connectivity index (χ0) is 15.2. The number of hydrogen-bond acceptors (Lipinski definition) is 3. The Morgan fingerprint density at radius 2 is 1.70 bits per heavy atom. The summed E-state index contributed by atoms with van der Waals surface area (Å²) in [6, 6.07) is 0.444. The molecule has 2 heterocycles. The van der Waals surface area contributed by atoms with Crippen molar-refractivity contribution in [3.8, 4) is 0 Å². The second-order valence-corrected chi connectivity index (χ2v) is 7.01. The molecular weight excluding hydrogens is 333 g/mol. The van der Waals surface area contributed by atoms with Crippen molar-refractivity contribution in [2.75, 3.05) is 33.2 Å². The van der Waals surface area contributed by atoms with E-state index in [4.69, 9.17) is 5.73 Å². The Balaban J connectivity index is 0.00000242. The molecule has 0 aromatic heterocycles. The number of nitrogens with zero attached hydrogens (tertiary/aromatic N) is 2. The van der Waals surface area contributed by atoms with Crippen LogP contribution in [0.1, 0.15) is 51.9 Å². The lowest BCUT2D eigenvalue weighted by Crippen LogP contribution is -2.50. The molecule has 4 nitrogen and oxygen atoms in total. The molecule has 23 heavy (non-hydrogen) atoms. The highest BCUT2D eigenvalue weighted by atomic mass is 35.5. The number of halogens is 2. The molecule has 2 fully saturated rings. The molecular formula is C17H35Cl2N3O. The molecule has 0 saturated carbocycles. The fraction of sp³-hybridized carbons (Fsp3) is 0.941. The first-order chi connectivity index (χ1) is 10.2. The minimum Gasteiger partial charge on any atom is -0.339 e. The van der Waals surface area contributed by atoms with E-state index < -0.39 is 0 Å². The summed E-state index contributed by atoms with van der Waals surface area (Å²) in [5.74, 6) is 1.85. The second kappa shape index (κ2) is 11.5. The van der Waals surface area contributed by atoms with Gasteiger partial charge in [0.1, 0.15) is 0 Å². The maximum absolute atomic E-state index is 12.1. The summed E-state index contributed by atoms with van der Waals surface area (Å²) in [5.41, 5.74) is 5.59. The molecule has 1 amide bonds. The smallest absolute Gasteiger partial charge is 0.236 e. The van der Waals surface area contributed by atoms with Crippen molar-refractivity contribution >= 4 is 30.7 Å². The Morgan fingerprint density at radius 1 is 1.09 bits per heavy atom. The van der Waals surface area contributed by atoms with E-state index in [2.05, 4.69) is 23.8 Å². The molecule has 138 valence electrons. The molecule has 2 aliphatic rings. The van der Waals surface area contributed by atoms with E-state index in [-0.39, 0.29) is 37.3 Å². The molecule has 6 heteroatoms. The number of carbonyl (C=O) groups excluding carboxylic acids is 1. The molecule has 2 unspecified atom stereocenters. The highest BCUT2D eigenvalue weighted by Gasteiger charge is 2.35. The summed E-state index contributed by atoms with van der Waals surface area (Å²) >= 11 is 0. The van der Waals surface area contributed by atoms with E-state index in [0.717, 1.165) is 24.8 Å². The quantitative estimate of drug-likeness (QED) is 0.812. The van der Waals surface area contributed by atoms with Gasteiger partial charge in [-0.25, -0.2) is 0 Å². The van der Waals surface area contributed by atoms with Crippen molar-refractivity contribution in [2.24, 2.45) is 17.6 Å². The molecule has 0 bridgehead atoms. The molecule has 0 radical (unpaired) electrons. The normalized spacial score (nSPS) is 26.3. The molecule has 0 aromatic carbocycles. The highest BCUT2D eigenvalue weighted by molar-refractivity contribution is 5.85. The number of nitrogens with two attached hydrogens (primary N) is 1. The average molecular weight is 368 g/mol. The Hall–Kier alpha value is -0.0300. The van der Waals surface area contributed by atoms with Gasteiger partial charge in [-0.3, -0.25) is 4.79 Å². The number of piperidine rings is 2. The van der Waals surface area contributed by atoms with Gasteiger partial charge in [0.2, 0.25) is 5.91 Å². The molecule has 0 aromatic rings. The van der Waals surface area contributed by atoms with Crippen molar-refractivity contribution in [1.29, 1.82) is 0 Å². The minimum atomic E-state index is 0. The number of carbonyl (C=O) groups is 1. The van der Waals surface area contributed by atoms with Crippen LogP contribution < -0.4 is 5.73 Å². The van der Waals surface area contributed by atoms with Crippen molar-refractivity contribution in [3.63, 3.8) is 0 Å². The van der Waals surface area contributed by atoms with Gasteiger partial charge in [0.15, 0.2) is 0 Å². The van der Waals surface area contributed by atoms with Crippen LogP contribution in [-0.2, 0) is 4.79 Å². The summed E-state index contributed by atoms with van der Waals surface area (Å²) in [4.78, 5) is 16.6. The third-order valence-corrected chi connectivity index (χ3v) is 5.57. The van der Waals surface area contributed by atoms with Crippen LogP contribution in [-0.4, -0.2) is 55.0 Å². The monoisotopic (exact) mass is 367 g/mol. The SMILES string of the molecule is CCCCC1CC(C2CCN(C)CC2)CCN1C(=O)CN.Cl.Cl. The van der Waals surface area contributed by atoms with Gasteiger partial charge in [0.25, 0.3) is 0 Å². The third kappa shape index (κ3) is 6.41. The first-order valence-electron chi connectivity index (χ1n) is 8.83. The first-order valence-corrected chi connectivity index (χ1v) is 8.83. The Morgan fingerprint density at radius 3 is 2.26 bits per heavy atom. The number of likely N-dealkylation sites (tertiary alicyclic amines) is 2. The second-order valence-electron chi connectivity index (χ2n) is 7.01. The van der Waals surface area contributed by atoms with Crippen LogP contribution in [0.3, 0.4) is 0 Å². The van der Waals surface area contributed by atoms with E-state index in [0.29, 0.717) is 6.04 Å². The maximum Gasteiger partial charge on any atom is 0.236 e. The number of rotatable bonds is 5. The maximum atomic E-state index is 12.1. The van der Waals surface area contributed by atoms with Crippen LogP contribution in [0.25, 0.3) is 0 Å². The largest absolute Gasteiger partial charge is 0.339 e. The topological polar surface area (TPSA) is 49.6 Å². The van der Waals surface area contributed by atoms with Gasteiger partial charge < -0.3 is 15.5 Å². The lowest BCUT2D eigenvalue weighted by Gasteiger charge is -2.44. The minimum absolute atomic E-state index is 0. The molecule has 2 rings (SSSR count). The number of hydrogen-bond donors (Lipinski definition) is 1. The van der Waals surface area contributed by atoms with E-state index in [1.807, 2.05) is 0 Å². The van der Waals surface area contributed by atoms with E-state index >= 15 is 0 Å². The van der Waals surface area contributed by atoms with Crippen LogP contribution in [0.15, 0.2) is 0 Å². The third-order valence-electron chi connectivity index (χ3n) is 5.57. The summed E-state index contributed by atoms with van der Waals surface area (Å²) in [6.07, 6.45) is 8.66. The van der Waals surface area contributed by atoms with Crippen LogP contribution in [0.5, 0.6) is 0 Å². The van der Waals surface area contributed by atoms with Gasteiger partial charge in [-0.2, -0.15) is 0 Å². The standard InChI is InChI=1S/C17H33N3O.2ClH/c1-3-4-5-16-12-15(8-11-20(16)17(21)13-18)14-6-9-19(2)10-7-14;;/h14-16H,3-13,18H2,1-2H3;2*1H. The van der Waals surface area contributed by atoms with E-state index in [1.165, 1.54) is 51.6 Å². The molecule has 2 N–H and O–H groups in total. The summed E-state index contributed by atoms with van der Waals surface area (Å²) in [7, 11) is 2.22. The van der Waals surface area contributed by atoms with Crippen molar-refractivity contribution in [2.45, 2.75) is 57.9 Å². The van der Waals surface area contributed by atoms with E-state index in [9.17, 15) is 4.79 Å². The predicted octanol–water partition coefficient (Wildman–Crippen LogP) is 2.93. The van der Waals surface area contributed by atoms with Crippen molar-refractivity contribution < 1.29 is 4.79 Å². The average Bonchev–Trinajstić information content (AvgIpc) is 2.52. The van der Waals surface area contributed by atoms with Crippen LogP contribution in [0.2, 0.25) is 0 Å². The summed E-state index contributed by atoms with van der Waals surface area (Å²) < 4.78 is 0. The van der Waals surface area contributed by atoms with Crippen molar-refractivity contribution in [1.82, 2.24) is 9.80 Å². The summed E-state index contributed by atoms with van der Waals surface area (Å²) in [6.45, 7) is 5.81. The zero-order valence-corrected chi connectivity index (χ0v) is 16.3. The molecule has 2 atom stereocenters. The Labute approximate surface area is 154 Å². The van der Waals surface area contributed by atoms with Gasteiger partial charge in [-0.05, 0) is 64.1 Å². The molecule has 2 aliphatic heterocycles. The Kier molecular flexibility index (Phi) is 11.5. The molecule has 2 saturated heterocycles. The van der Waals surface area contributed by atoms with Crippen LogP contribution >= 0.6 is 24.8 Å². The first kappa shape index (κ1) is 23.0. The van der Waals surface area contributed by atoms with Crippen LogP contribution in [0.4, 0.5) is 0 Å². The fourth-order valence-electron chi connectivity index (χ4n) is 4.17. The highest BCUT2D eigenvalue weighted by Crippen LogP contribution is 2.36. The van der Waals surface area contributed by atoms with Crippen molar-refractivity contribution in [3.05, 3.63) is 0 Å². The molecule has 0 spiro atoms. The van der Waals surface area contributed by atoms with Gasteiger partial charge >= 0.3 is 0 Å². The van der Waals surface area contributed by atoms with Gasteiger partial charge in [-0.1, -0.05) is 19.8 Å². The predicted molar refractivity (Wildman–Crippen MR) is 102 cm³/mol. The van der Waals surface area contributed by atoms with Gasteiger partial charge in [-0.15, -0.1) is 24.8 Å². The Bertz CT molecular complexity index is 336. The fourth-order valence-corrected chi connectivity index (χ4v) is 4.17.